The minimum Gasteiger partial charge on any atom is -0.322 e. The van der Waals surface area contributed by atoms with Crippen LogP contribution < -0.4 is 5.32 Å². The molecule has 1 amide bonds. The molecule has 0 aliphatic rings. The van der Waals surface area contributed by atoms with Crippen LogP contribution in [0.2, 0.25) is 0 Å². The number of nitrogens with one attached hydrogen (secondary N) is 1. The van der Waals surface area contributed by atoms with Gasteiger partial charge in [0.2, 0.25) is 0 Å². The van der Waals surface area contributed by atoms with E-state index in [1.165, 1.54) is 18.2 Å². The lowest BCUT2D eigenvalue weighted by Crippen LogP contribution is -2.13. The molecular weight excluding hydrogens is 366 g/mol. The topological polar surface area (TPSA) is 85.1 Å². The van der Waals surface area contributed by atoms with Crippen molar-refractivity contribution < 1.29 is 9.72 Å². The van der Waals surface area contributed by atoms with Crippen LogP contribution in [0, 0.1) is 17.0 Å². The van der Waals surface area contributed by atoms with E-state index in [9.17, 15) is 14.9 Å². The number of para-hydroxylation sites is 1. The molecule has 0 unspecified atom stereocenters. The van der Waals surface area contributed by atoms with Gasteiger partial charge in [-0.05, 0) is 24.6 Å². The van der Waals surface area contributed by atoms with Crippen molar-refractivity contribution in [3.63, 3.8) is 0 Å². The Morgan fingerprint density at radius 1 is 0.966 bits per heavy atom. The molecule has 0 bridgehead atoms. The highest BCUT2D eigenvalue weighted by atomic mass is 16.6. The van der Waals surface area contributed by atoms with E-state index in [0.717, 1.165) is 22.0 Å². The highest BCUT2D eigenvalue weighted by Crippen LogP contribution is 2.27. The fourth-order valence-corrected chi connectivity index (χ4v) is 3.23. The third kappa shape index (κ3) is 3.68. The molecule has 0 aliphatic heterocycles. The second-order valence-corrected chi connectivity index (χ2v) is 6.65. The number of fused-ring (bicyclic) bond motifs is 1. The second-order valence-electron chi connectivity index (χ2n) is 6.65. The number of amides is 1. The van der Waals surface area contributed by atoms with E-state index in [2.05, 4.69) is 5.32 Å². The van der Waals surface area contributed by atoms with Crippen molar-refractivity contribution in [1.82, 2.24) is 4.98 Å². The van der Waals surface area contributed by atoms with Gasteiger partial charge in [0, 0.05) is 28.8 Å². The zero-order valence-corrected chi connectivity index (χ0v) is 15.6. The molecule has 4 aromatic rings. The van der Waals surface area contributed by atoms with E-state index in [1.54, 1.807) is 12.1 Å². The summed E-state index contributed by atoms with van der Waals surface area (Å²) in [5, 5.41) is 14.5. The van der Waals surface area contributed by atoms with Gasteiger partial charge in [-0.1, -0.05) is 54.6 Å². The normalized spacial score (nSPS) is 10.7. The summed E-state index contributed by atoms with van der Waals surface area (Å²) in [7, 11) is 0. The molecule has 142 valence electrons. The van der Waals surface area contributed by atoms with Crippen molar-refractivity contribution in [2.45, 2.75) is 6.92 Å². The lowest BCUT2D eigenvalue weighted by Gasteiger charge is -2.12. The minimum atomic E-state index is -0.492. The molecule has 0 saturated carbocycles. The predicted molar refractivity (Wildman–Crippen MR) is 113 cm³/mol. The molecule has 3 aromatic carbocycles. The molecule has 1 N–H and O–H groups in total. The van der Waals surface area contributed by atoms with Gasteiger partial charge in [0.25, 0.3) is 11.6 Å². The van der Waals surface area contributed by atoms with Crippen molar-refractivity contribution in [3.05, 3.63) is 100 Å². The first-order valence-corrected chi connectivity index (χ1v) is 9.04. The number of rotatable bonds is 4. The Morgan fingerprint density at radius 3 is 2.48 bits per heavy atom. The molecule has 0 radical (unpaired) electrons. The number of carbonyl (C=O) groups excluding carboxylic acids is 1. The Kier molecular flexibility index (Phi) is 4.75. The van der Waals surface area contributed by atoms with Crippen LogP contribution in [0.4, 0.5) is 11.4 Å². The van der Waals surface area contributed by atoms with Gasteiger partial charge in [-0.25, -0.2) is 4.98 Å². The van der Waals surface area contributed by atoms with E-state index < -0.39 is 4.92 Å². The highest BCUT2D eigenvalue weighted by Gasteiger charge is 2.16. The van der Waals surface area contributed by atoms with Gasteiger partial charge in [-0.2, -0.15) is 0 Å². The van der Waals surface area contributed by atoms with Crippen LogP contribution in [0.1, 0.15) is 15.9 Å². The lowest BCUT2D eigenvalue weighted by molar-refractivity contribution is -0.384. The summed E-state index contributed by atoms with van der Waals surface area (Å²) < 4.78 is 0. The van der Waals surface area contributed by atoms with Crippen molar-refractivity contribution in [1.29, 1.82) is 0 Å². The monoisotopic (exact) mass is 383 g/mol. The molecule has 0 saturated heterocycles. The van der Waals surface area contributed by atoms with Crippen molar-refractivity contribution in [3.8, 4) is 11.3 Å². The molecular formula is C23H17N3O3. The smallest absolute Gasteiger partial charge is 0.271 e. The Balaban J connectivity index is 1.82. The number of aryl methyl sites for hydroxylation is 1. The van der Waals surface area contributed by atoms with Crippen LogP contribution in [0.5, 0.6) is 0 Å². The quantitative estimate of drug-likeness (QED) is 0.379. The van der Waals surface area contributed by atoms with Gasteiger partial charge in [0.15, 0.2) is 0 Å². The zero-order valence-electron chi connectivity index (χ0n) is 15.6. The van der Waals surface area contributed by atoms with E-state index in [1.807, 2.05) is 55.5 Å². The third-order valence-electron chi connectivity index (χ3n) is 4.67. The first-order valence-electron chi connectivity index (χ1n) is 9.04. The summed E-state index contributed by atoms with van der Waals surface area (Å²) in [6, 6.07) is 23.0. The fraction of sp³-hybridized carbons (Fsp3) is 0.0435. The highest BCUT2D eigenvalue weighted by molar-refractivity contribution is 6.13. The van der Waals surface area contributed by atoms with E-state index in [-0.39, 0.29) is 11.6 Å². The Hall–Kier alpha value is -4.06. The van der Waals surface area contributed by atoms with Crippen LogP contribution in [0.25, 0.3) is 22.2 Å². The third-order valence-corrected chi connectivity index (χ3v) is 4.67. The number of hydrogen-bond acceptors (Lipinski definition) is 4. The van der Waals surface area contributed by atoms with E-state index in [0.29, 0.717) is 16.9 Å². The molecule has 4 rings (SSSR count). The summed E-state index contributed by atoms with van der Waals surface area (Å²) in [5.41, 5.74) is 4.05. The van der Waals surface area contributed by atoms with Crippen LogP contribution >= 0.6 is 0 Å². The minimum absolute atomic E-state index is 0.0804. The molecule has 29 heavy (non-hydrogen) atoms. The van der Waals surface area contributed by atoms with Crippen molar-refractivity contribution in [2.24, 2.45) is 0 Å². The summed E-state index contributed by atoms with van der Waals surface area (Å²) in [6.07, 6.45) is 0. The van der Waals surface area contributed by atoms with Crippen molar-refractivity contribution in [2.75, 3.05) is 5.32 Å². The van der Waals surface area contributed by atoms with E-state index >= 15 is 0 Å². The Labute approximate surface area is 167 Å². The van der Waals surface area contributed by atoms with Crippen LogP contribution in [-0.2, 0) is 0 Å². The van der Waals surface area contributed by atoms with Crippen LogP contribution in [-0.4, -0.2) is 15.8 Å². The van der Waals surface area contributed by atoms with Gasteiger partial charge in [-0.15, -0.1) is 0 Å². The number of nitro benzene ring substituents is 1. The number of benzene rings is 3. The average Bonchev–Trinajstić information content (AvgIpc) is 2.74. The molecule has 0 atom stereocenters. The first-order chi connectivity index (χ1) is 14.0. The standard InChI is InChI=1S/C23H17N3O3/c1-15-7-5-12-19-20(14-21(25-22(15)19)16-8-3-2-4-9-16)23(27)24-17-10-6-11-18(13-17)26(28)29/h2-14H,1H3,(H,24,27). The number of pyridine rings is 1. The molecule has 0 spiro atoms. The number of aromatic nitrogens is 1. The molecule has 6 nitrogen and oxygen atoms in total. The first kappa shape index (κ1) is 18.3. The van der Waals surface area contributed by atoms with Crippen molar-refractivity contribution >= 4 is 28.2 Å². The van der Waals surface area contributed by atoms with Gasteiger partial charge in [0.05, 0.1) is 21.7 Å². The van der Waals surface area contributed by atoms with Gasteiger partial charge >= 0.3 is 0 Å². The average molecular weight is 383 g/mol. The van der Waals surface area contributed by atoms with Gasteiger partial charge < -0.3 is 5.32 Å². The van der Waals surface area contributed by atoms with Crippen LogP contribution in [0.15, 0.2) is 78.9 Å². The molecule has 0 aliphatic carbocycles. The van der Waals surface area contributed by atoms with Crippen LogP contribution in [0.3, 0.4) is 0 Å². The SMILES string of the molecule is Cc1cccc2c(C(=O)Nc3cccc([N+](=O)[O-])c3)cc(-c3ccccc3)nc12. The number of nitrogens with zero attached hydrogens (tertiary/aromatic N) is 2. The maximum atomic E-state index is 13.1. The summed E-state index contributed by atoms with van der Waals surface area (Å²) in [6.45, 7) is 1.95. The zero-order chi connectivity index (χ0) is 20.4. The second kappa shape index (κ2) is 7.52. The maximum Gasteiger partial charge on any atom is 0.271 e. The lowest BCUT2D eigenvalue weighted by atomic mass is 10.0. The number of anilines is 1. The largest absolute Gasteiger partial charge is 0.322 e. The van der Waals surface area contributed by atoms with Gasteiger partial charge in [-0.3, -0.25) is 14.9 Å². The molecule has 1 heterocycles. The number of nitro groups is 1. The number of non-ortho nitro benzene ring substituents is 1. The molecule has 0 fully saturated rings. The summed E-state index contributed by atoms with van der Waals surface area (Å²) in [4.78, 5) is 28.4. The summed E-state index contributed by atoms with van der Waals surface area (Å²) >= 11 is 0. The summed E-state index contributed by atoms with van der Waals surface area (Å²) in [5.74, 6) is -0.347. The van der Waals surface area contributed by atoms with E-state index in [4.69, 9.17) is 4.98 Å². The van der Waals surface area contributed by atoms with Gasteiger partial charge in [0.1, 0.15) is 0 Å². The molecule has 6 heteroatoms. The molecule has 1 aromatic heterocycles. The number of carbonyl (C=O) groups is 1. The number of hydrogen-bond donors (Lipinski definition) is 1. The Bertz CT molecular complexity index is 1240. The predicted octanol–water partition coefficient (Wildman–Crippen LogP) is 5.37. The fourth-order valence-electron chi connectivity index (χ4n) is 3.23. The Morgan fingerprint density at radius 2 is 1.72 bits per heavy atom. The maximum absolute atomic E-state index is 13.1.